The van der Waals surface area contributed by atoms with Gasteiger partial charge in [-0.25, -0.2) is 9.18 Å². The number of rotatable bonds is 4. The molecule has 1 heterocycles. The van der Waals surface area contributed by atoms with Crippen molar-refractivity contribution in [1.82, 2.24) is 14.9 Å². The second kappa shape index (κ2) is 7.05. The molecule has 0 saturated heterocycles. The highest BCUT2D eigenvalue weighted by molar-refractivity contribution is 7.03. The average molecular weight is 344 g/mol. The third-order valence-electron chi connectivity index (χ3n) is 3.26. The predicted octanol–water partition coefficient (Wildman–Crippen LogP) is 3.37. The number of anilines is 1. The molecule has 0 unspecified atom stereocenters. The van der Waals surface area contributed by atoms with Crippen molar-refractivity contribution in [2.45, 2.75) is 6.54 Å². The molecule has 24 heavy (non-hydrogen) atoms. The first-order valence-electron chi connectivity index (χ1n) is 7.01. The fourth-order valence-electron chi connectivity index (χ4n) is 2.03. The molecule has 0 aliphatic rings. The molecule has 0 fully saturated rings. The number of amides is 2. The molecule has 0 atom stereocenters. The molecule has 3 N–H and O–H groups in total. The van der Waals surface area contributed by atoms with Crippen LogP contribution in [0, 0.1) is 5.82 Å². The van der Waals surface area contributed by atoms with Crippen LogP contribution in [0.1, 0.15) is 5.56 Å². The lowest BCUT2D eigenvalue weighted by Crippen LogP contribution is -2.28. The fourth-order valence-corrected chi connectivity index (χ4v) is 2.50. The Morgan fingerprint density at radius 2 is 2.00 bits per heavy atom. The summed E-state index contributed by atoms with van der Waals surface area (Å²) in [5.41, 5.74) is 2.86. The van der Waals surface area contributed by atoms with Crippen molar-refractivity contribution in [1.29, 1.82) is 0 Å². The lowest BCUT2D eigenvalue weighted by molar-refractivity contribution is 0.251. The number of carbonyl (C=O) groups excluding carboxylic acids is 1. The van der Waals surface area contributed by atoms with Gasteiger partial charge in [-0.15, -0.1) is 5.10 Å². The van der Waals surface area contributed by atoms with Crippen molar-refractivity contribution in [3.63, 3.8) is 0 Å². The predicted molar refractivity (Wildman–Crippen MR) is 89.3 cm³/mol. The highest BCUT2D eigenvalue weighted by Crippen LogP contribution is 2.20. The maximum absolute atomic E-state index is 13.2. The van der Waals surface area contributed by atoms with Crippen LogP contribution in [-0.4, -0.2) is 20.7 Å². The van der Waals surface area contributed by atoms with Crippen LogP contribution in [0.25, 0.3) is 11.3 Å². The van der Waals surface area contributed by atoms with E-state index in [0.29, 0.717) is 11.3 Å². The molecule has 8 heteroatoms. The van der Waals surface area contributed by atoms with Gasteiger partial charge in [0.25, 0.3) is 0 Å². The van der Waals surface area contributed by atoms with Gasteiger partial charge in [0.1, 0.15) is 5.69 Å². The molecule has 3 rings (SSSR count). The van der Waals surface area contributed by atoms with Crippen LogP contribution < -0.4 is 10.6 Å². The number of nitrogens with one attached hydrogen (secondary N) is 2. The minimum absolute atomic E-state index is 0.144. The normalized spacial score (nSPS) is 10.4. The quantitative estimate of drug-likeness (QED) is 0.677. The Balaban J connectivity index is 1.55. The number of hydrogen-bond acceptors (Lipinski definition) is 5. The largest absolute Gasteiger partial charge is 0.505 e. The number of urea groups is 1. The highest BCUT2D eigenvalue weighted by Gasteiger charge is 2.06. The van der Waals surface area contributed by atoms with Crippen molar-refractivity contribution in [2.75, 3.05) is 5.32 Å². The monoisotopic (exact) mass is 344 g/mol. The summed E-state index contributed by atoms with van der Waals surface area (Å²) in [4.78, 5) is 11.9. The summed E-state index contributed by atoms with van der Waals surface area (Å²) in [6.07, 6.45) is 0. The molecule has 0 saturated carbocycles. The van der Waals surface area contributed by atoms with Gasteiger partial charge in [0.15, 0.2) is 11.6 Å². The first kappa shape index (κ1) is 15.9. The second-order valence-corrected chi connectivity index (χ2v) is 5.57. The zero-order chi connectivity index (χ0) is 16.9. The topological polar surface area (TPSA) is 87.1 Å². The number of aromatic hydroxyl groups is 1. The van der Waals surface area contributed by atoms with Gasteiger partial charge in [-0.05, 0) is 41.4 Å². The summed E-state index contributed by atoms with van der Waals surface area (Å²) in [5.74, 6) is -1.14. The number of aromatic nitrogens is 2. The Labute approximate surface area is 141 Å². The Bertz CT molecular complexity index is 838. The molecular formula is C16H13FN4O2S. The molecule has 3 aromatic rings. The Morgan fingerprint density at radius 3 is 2.67 bits per heavy atom. The summed E-state index contributed by atoms with van der Waals surface area (Å²) >= 11 is 1.27. The van der Waals surface area contributed by atoms with Gasteiger partial charge >= 0.3 is 6.03 Å². The van der Waals surface area contributed by atoms with Crippen molar-refractivity contribution in [3.05, 3.63) is 59.2 Å². The molecule has 2 amide bonds. The molecule has 0 radical (unpaired) electrons. The van der Waals surface area contributed by atoms with E-state index in [4.69, 9.17) is 5.11 Å². The van der Waals surface area contributed by atoms with Crippen LogP contribution in [0.3, 0.4) is 0 Å². The average Bonchev–Trinajstić information content (AvgIpc) is 3.11. The zero-order valence-electron chi connectivity index (χ0n) is 12.4. The number of halogens is 1. The van der Waals surface area contributed by atoms with Gasteiger partial charge in [0, 0.05) is 23.2 Å². The van der Waals surface area contributed by atoms with E-state index >= 15 is 0 Å². The number of carbonyl (C=O) groups is 1. The fraction of sp³-hybridized carbons (Fsp3) is 0.0625. The Kier molecular flexibility index (Phi) is 4.66. The first-order chi connectivity index (χ1) is 11.6. The van der Waals surface area contributed by atoms with Gasteiger partial charge < -0.3 is 15.7 Å². The third kappa shape index (κ3) is 3.85. The summed E-state index contributed by atoms with van der Waals surface area (Å²) in [7, 11) is 0. The van der Waals surface area contributed by atoms with E-state index in [0.717, 1.165) is 11.3 Å². The number of hydrogen-bond donors (Lipinski definition) is 3. The van der Waals surface area contributed by atoms with Crippen LogP contribution in [0.5, 0.6) is 5.75 Å². The van der Waals surface area contributed by atoms with Crippen LogP contribution in [0.4, 0.5) is 14.9 Å². The Morgan fingerprint density at radius 1 is 1.21 bits per heavy atom. The number of phenolic OH excluding ortho intramolecular Hbond substituents is 1. The van der Waals surface area contributed by atoms with Crippen molar-refractivity contribution >= 4 is 23.3 Å². The second-order valence-electron chi connectivity index (χ2n) is 4.96. The molecule has 2 aromatic carbocycles. The molecule has 6 nitrogen and oxygen atoms in total. The van der Waals surface area contributed by atoms with E-state index in [1.54, 1.807) is 12.1 Å². The van der Waals surface area contributed by atoms with E-state index in [1.807, 2.05) is 17.5 Å². The zero-order valence-corrected chi connectivity index (χ0v) is 13.2. The number of benzene rings is 2. The molecular weight excluding hydrogens is 331 g/mol. The maximum atomic E-state index is 13.2. The maximum Gasteiger partial charge on any atom is 0.319 e. The van der Waals surface area contributed by atoms with Gasteiger partial charge in [0.05, 0.1) is 0 Å². The lowest BCUT2D eigenvalue weighted by atomic mass is 10.1. The minimum atomic E-state index is -0.721. The van der Waals surface area contributed by atoms with E-state index in [2.05, 4.69) is 20.2 Å². The van der Waals surface area contributed by atoms with E-state index in [1.165, 1.54) is 29.7 Å². The molecule has 0 spiro atoms. The van der Waals surface area contributed by atoms with Crippen molar-refractivity contribution in [3.8, 4) is 17.0 Å². The van der Waals surface area contributed by atoms with Crippen LogP contribution >= 0.6 is 11.5 Å². The van der Waals surface area contributed by atoms with Crippen LogP contribution in [0.2, 0.25) is 0 Å². The molecule has 1 aromatic heterocycles. The Hall–Kier alpha value is -3.00. The van der Waals surface area contributed by atoms with E-state index < -0.39 is 17.6 Å². The number of phenols is 1. The van der Waals surface area contributed by atoms with Crippen LogP contribution in [-0.2, 0) is 6.54 Å². The van der Waals surface area contributed by atoms with Crippen molar-refractivity contribution in [2.24, 2.45) is 0 Å². The summed E-state index contributed by atoms with van der Waals surface area (Å²) in [5, 5.41) is 20.2. The molecule has 0 bridgehead atoms. The van der Waals surface area contributed by atoms with E-state index in [9.17, 15) is 9.18 Å². The van der Waals surface area contributed by atoms with Gasteiger partial charge in [-0.2, -0.15) is 0 Å². The van der Waals surface area contributed by atoms with Gasteiger partial charge in [-0.1, -0.05) is 22.7 Å². The lowest BCUT2D eigenvalue weighted by Gasteiger charge is -2.08. The number of nitrogens with zero attached hydrogens (tertiary/aromatic N) is 2. The molecule has 0 aliphatic heterocycles. The van der Waals surface area contributed by atoms with Gasteiger partial charge in [0.2, 0.25) is 0 Å². The smallest absolute Gasteiger partial charge is 0.319 e. The third-order valence-corrected chi connectivity index (χ3v) is 3.77. The van der Waals surface area contributed by atoms with Crippen molar-refractivity contribution < 1.29 is 14.3 Å². The van der Waals surface area contributed by atoms with E-state index in [-0.39, 0.29) is 6.54 Å². The molecule has 122 valence electrons. The SMILES string of the molecule is O=C(NCc1ccc(O)c(F)c1)Nc1ccc(-c2csnn2)cc1. The standard InChI is InChI=1S/C16H13FN4O2S/c17-13-7-10(1-6-15(13)22)8-18-16(23)19-12-4-2-11(3-5-12)14-9-24-21-20-14/h1-7,9,22H,8H2,(H2,18,19,23). The first-order valence-corrected chi connectivity index (χ1v) is 7.85. The summed E-state index contributed by atoms with van der Waals surface area (Å²) < 4.78 is 17.0. The van der Waals surface area contributed by atoms with Gasteiger partial charge in [-0.3, -0.25) is 0 Å². The highest BCUT2D eigenvalue weighted by atomic mass is 32.1. The minimum Gasteiger partial charge on any atom is -0.505 e. The molecule has 0 aliphatic carbocycles. The van der Waals surface area contributed by atoms with Crippen LogP contribution in [0.15, 0.2) is 47.8 Å². The summed E-state index contributed by atoms with van der Waals surface area (Å²) in [6.45, 7) is 0.144. The summed E-state index contributed by atoms with van der Waals surface area (Å²) in [6, 6.07) is 10.7.